The second-order valence-corrected chi connectivity index (χ2v) is 6.49. The van der Waals surface area contributed by atoms with Gasteiger partial charge in [-0.05, 0) is 31.5 Å². The van der Waals surface area contributed by atoms with E-state index < -0.39 is 22.6 Å². The molecule has 1 aromatic rings. The quantitative estimate of drug-likeness (QED) is 0.875. The highest BCUT2D eigenvalue weighted by Gasteiger charge is 2.32. The van der Waals surface area contributed by atoms with Gasteiger partial charge in [-0.15, -0.1) is 11.8 Å². The van der Waals surface area contributed by atoms with Crippen molar-refractivity contribution >= 4 is 29.3 Å². The molecule has 3 N–H and O–H groups in total. The topological polar surface area (TPSA) is 63.3 Å². The summed E-state index contributed by atoms with van der Waals surface area (Å²) in [7, 11) is 0. The molecule has 0 radical (unpaired) electrons. The van der Waals surface area contributed by atoms with Gasteiger partial charge in [0.15, 0.2) is 0 Å². The summed E-state index contributed by atoms with van der Waals surface area (Å²) in [5, 5.41) is 8.95. The number of hydrogen-bond donors (Lipinski definition) is 2. The molecule has 3 nitrogen and oxygen atoms in total. The van der Waals surface area contributed by atoms with Crippen molar-refractivity contribution < 1.29 is 14.3 Å². The molecule has 1 atom stereocenters. The van der Waals surface area contributed by atoms with Gasteiger partial charge in [-0.3, -0.25) is 4.79 Å². The highest BCUT2D eigenvalue weighted by atomic mass is 35.5. The van der Waals surface area contributed by atoms with Crippen molar-refractivity contribution in [2.45, 2.75) is 30.4 Å². The Morgan fingerprint density at radius 1 is 1.61 bits per heavy atom. The lowest BCUT2D eigenvalue weighted by atomic mass is 10.1. The Morgan fingerprint density at radius 2 is 2.22 bits per heavy atom. The van der Waals surface area contributed by atoms with Gasteiger partial charge in [0.25, 0.3) is 0 Å². The van der Waals surface area contributed by atoms with E-state index in [1.165, 1.54) is 23.9 Å². The molecule has 0 aliphatic rings. The normalized spacial score (nSPS) is 13.4. The minimum atomic E-state index is -1.05. The molecule has 0 bridgehead atoms. The predicted octanol–water partition coefficient (Wildman–Crippen LogP) is 2.90. The molecule has 18 heavy (non-hydrogen) atoms. The number of halogens is 2. The molecule has 0 unspecified atom stereocenters. The number of hydrogen-bond acceptors (Lipinski definition) is 3. The number of carboxylic acids is 1. The van der Waals surface area contributed by atoms with E-state index >= 15 is 0 Å². The minimum absolute atomic E-state index is 0.0743. The smallest absolute Gasteiger partial charge is 0.321 e. The number of benzene rings is 1. The summed E-state index contributed by atoms with van der Waals surface area (Å²) in [5.74, 6) is -1.05. The van der Waals surface area contributed by atoms with Crippen LogP contribution in [-0.4, -0.2) is 21.9 Å². The Morgan fingerprint density at radius 3 is 2.72 bits per heavy atom. The second kappa shape index (κ2) is 5.91. The predicted molar refractivity (Wildman–Crippen MR) is 72.4 cm³/mol. The van der Waals surface area contributed by atoms with Crippen molar-refractivity contribution in [3.8, 4) is 0 Å². The Labute approximate surface area is 115 Å². The lowest BCUT2D eigenvalue weighted by Crippen LogP contribution is -2.46. The largest absolute Gasteiger partial charge is 0.480 e. The summed E-state index contributed by atoms with van der Waals surface area (Å²) >= 11 is 6.95. The maximum absolute atomic E-state index is 13.2. The lowest BCUT2D eigenvalue weighted by molar-refractivity contribution is -0.139. The fourth-order valence-electron chi connectivity index (χ4n) is 1.29. The van der Waals surface area contributed by atoms with Crippen molar-refractivity contribution in [1.29, 1.82) is 0 Å². The van der Waals surface area contributed by atoms with Crippen molar-refractivity contribution in [3.05, 3.63) is 34.6 Å². The molecule has 6 heteroatoms. The first kappa shape index (κ1) is 15.3. The van der Waals surface area contributed by atoms with Crippen LogP contribution in [0.3, 0.4) is 0 Å². The highest BCUT2D eigenvalue weighted by molar-refractivity contribution is 7.99. The molecule has 0 aliphatic carbocycles. The van der Waals surface area contributed by atoms with Crippen molar-refractivity contribution in [2.75, 3.05) is 0 Å². The summed E-state index contributed by atoms with van der Waals surface area (Å²) in [5.41, 5.74) is 6.34. The van der Waals surface area contributed by atoms with Crippen molar-refractivity contribution in [3.63, 3.8) is 0 Å². The SMILES string of the molecule is CC(C)(SCc1ccc(Cl)c(F)c1)[C@@H](N)C(=O)O. The molecule has 0 spiro atoms. The monoisotopic (exact) mass is 291 g/mol. The first-order valence-corrected chi connectivity index (χ1v) is 6.66. The molecule has 1 aromatic carbocycles. The fraction of sp³-hybridized carbons (Fsp3) is 0.417. The molecule has 0 aliphatic heterocycles. The van der Waals surface area contributed by atoms with E-state index in [1.807, 2.05) is 0 Å². The average molecular weight is 292 g/mol. The van der Waals surface area contributed by atoms with Gasteiger partial charge in [0.2, 0.25) is 0 Å². The molecular formula is C12H15ClFNO2S. The van der Waals surface area contributed by atoms with Crippen LogP contribution in [-0.2, 0) is 10.5 Å². The number of thioether (sulfide) groups is 1. The van der Waals surface area contributed by atoms with Gasteiger partial charge in [0, 0.05) is 10.5 Å². The van der Waals surface area contributed by atoms with Gasteiger partial charge in [0.1, 0.15) is 11.9 Å². The van der Waals surface area contributed by atoms with Gasteiger partial charge >= 0.3 is 5.97 Å². The summed E-state index contributed by atoms with van der Waals surface area (Å²) in [6, 6.07) is 3.56. The maximum Gasteiger partial charge on any atom is 0.321 e. The van der Waals surface area contributed by atoms with E-state index in [0.717, 1.165) is 5.56 Å². The zero-order valence-electron chi connectivity index (χ0n) is 10.1. The van der Waals surface area contributed by atoms with Crippen LogP contribution < -0.4 is 5.73 Å². The molecule has 0 saturated carbocycles. The summed E-state index contributed by atoms with van der Waals surface area (Å²) < 4.78 is 12.6. The number of carboxylic acid groups (broad SMARTS) is 1. The van der Waals surface area contributed by atoms with Crippen LogP contribution in [0.5, 0.6) is 0 Å². The van der Waals surface area contributed by atoms with Crippen LogP contribution in [0.4, 0.5) is 4.39 Å². The maximum atomic E-state index is 13.2. The fourth-order valence-corrected chi connectivity index (χ4v) is 2.40. The molecule has 0 amide bonds. The summed E-state index contributed by atoms with van der Waals surface area (Å²) in [6.45, 7) is 3.51. The van der Waals surface area contributed by atoms with Crippen LogP contribution in [0.25, 0.3) is 0 Å². The van der Waals surface area contributed by atoms with E-state index in [-0.39, 0.29) is 5.02 Å². The van der Waals surface area contributed by atoms with E-state index in [2.05, 4.69) is 0 Å². The van der Waals surface area contributed by atoms with Crippen LogP contribution in [0.2, 0.25) is 5.02 Å². The zero-order chi connectivity index (χ0) is 13.9. The molecule has 100 valence electrons. The second-order valence-electron chi connectivity index (χ2n) is 4.46. The van der Waals surface area contributed by atoms with Crippen LogP contribution in [0.1, 0.15) is 19.4 Å². The minimum Gasteiger partial charge on any atom is -0.480 e. The summed E-state index contributed by atoms with van der Waals surface area (Å²) in [4.78, 5) is 10.8. The van der Waals surface area contributed by atoms with Crippen LogP contribution in [0, 0.1) is 5.82 Å². The van der Waals surface area contributed by atoms with E-state index in [9.17, 15) is 9.18 Å². The first-order valence-electron chi connectivity index (χ1n) is 5.30. The number of rotatable bonds is 5. The Bertz CT molecular complexity index is 454. The standard InChI is InChI=1S/C12H15ClFNO2S/c1-12(2,10(15)11(16)17)18-6-7-3-4-8(13)9(14)5-7/h3-5,10H,6,15H2,1-2H3,(H,16,17)/t10-/m0/s1. The van der Waals surface area contributed by atoms with E-state index in [4.69, 9.17) is 22.4 Å². The van der Waals surface area contributed by atoms with Gasteiger partial charge in [-0.25, -0.2) is 4.39 Å². The average Bonchev–Trinajstić information content (AvgIpc) is 2.29. The van der Waals surface area contributed by atoms with Gasteiger partial charge < -0.3 is 10.8 Å². The van der Waals surface area contributed by atoms with E-state index in [1.54, 1.807) is 19.9 Å². The number of nitrogens with two attached hydrogens (primary N) is 1. The molecule has 0 aromatic heterocycles. The molecule has 0 fully saturated rings. The third kappa shape index (κ3) is 3.86. The first-order chi connectivity index (χ1) is 8.24. The lowest BCUT2D eigenvalue weighted by Gasteiger charge is -2.28. The van der Waals surface area contributed by atoms with E-state index in [0.29, 0.717) is 5.75 Å². The van der Waals surface area contributed by atoms with Crippen LogP contribution >= 0.6 is 23.4 Å². The molecular weight excluding hydrogens is 277 g/mol. The van der Waals surface area contributed by atoms with Gasteiger partial charge in [-0.1, -0.05) is 17.7 Å². The van der Waals surface area contributed by atoms with Gasteiger partial charge in [0.05, 0.1) is 5.02 Å². The van der Waals surface area contributed by atoms with Crippen molar-refractivity contribution in [1.82, 2.24) is 0 Å². The zero-order valence-corrected chi connectivity index (χ0v) is 11.7. The Balaban J connectivity index is 2.69. The Hall–Kier alpha value is -0.780. The molecule has 0 heterocycles. The summed E-state index contributed by atoms with van der Waals surface area (Å²) in [6.07, 6.45) is 0. The number of carbonyl (C=O) groups is 1. The Kier molecular flexibility index (Phi) is 5.01. The van der Waals surface area contributed by atoms with Crippen LogP contribution in [0.15, 0.2) is 18.2 Å². The number of aliphatic carboxylic acids is 1. The molecule has 1 rings (SSSR count). The molecule has 0 saturated heterocycles. The van der Waals surface area contributed by atoms with Gasteiger partial charge in [-0.2, -0.15) is 0 Å². The van der Waals surface area contributed by atoms with Crippen molar-refractivity contribution in [2.24, 2.45) is 5.73 Å². The highest BCUT2D eigenvalue weighted by Crippen LogP contribution is 2.31. The third-order valence-corrected chi connectivity index (χ3v) is 4.39. The third-order valence-electron chi connectivity index (χ3n) is 2.61.